The number of barbiturate groups is 1. The van der Waals surface area contributed by atoms with Gasteiger partial charge in [-0.25, -0.2) is 4.79 Å². The Morgan fingerprint density at radius 1 is 1.32 bits per heavy atom. The average Bonchev–Trinajstić information content (AvgIpc) is 2.87. The summed E-state index contributed by atoms with van der Waals surface area (Å²) in [5, 5.41) is 2.29. The van der Waals surface area contributed by atoms with Crippen molar-refractivity contribution in [2.75, 3.05) is 13.7 Å². The summed E-state index contributed by atoms with van der Waals surface area (Å²) in [4.78, 5) is 37.1. The highest BCUT2D eigenvalue weighted by atomic mass is 16.5. The quantitative estimate of drug-likeness (QED) is 0.769. The fourth-order valence-corrected chi connectivity index (χ4v) is 2.84. The van der Waals surface area contributed by atoms with Gasteiger partial charge in [0, 0.05) is 7.11 Å². The highest BCUT2D eigenvalue weighted by Crippen LogP contribution is 2.33. The third-order valence-electron chi connectivity index (χ3n) is 4.00. The van der Waals surface area contributed by atoms with Gasteiger partial charge in [-0.3, -0.25) is 19.8 Å². The summed E-state index contributed by atoms with van der Waals surface area (Å²) in [7, 11) is 1.52. The third kappa shape index (κ3) is 2.78. The van der Waals surface area contributed by atoms with Crippen LogP contribution in [-0.4, -0.2) is 42.5 Å². The van der Waals surface area contributed by atoms with Gasteiger partial charge in [0.15, 0.2) is 0 Å². The molecule has 0 aromatic heterocycles. The number of urea groups is 1. The van der Waals surface area contributed by atoms with Gasteiger partial charge >= 0.3 is 6.03 Å². The first kappa shape index (κ1) is 14.0. The molecule has 2 unspecified atom stereocenters. The molecule has 1 saturated heterocycles. The van der Waals surface area contributed by atoms with Gasteiger partial charge < -0.3 is 4.74 Å². The fourth-order valence-electron chi connectivity index (χ4n) is 2.84. The van der Waals surface area contributed by atoms with Gasteiger partial charge in [-0.1, -0.05) is 12.8 Å². The van der Waals surface area contributed by atoms with Gasteiger partial charge in [0.05, 0.1) is 12.6 Å². The van der Waals surface area contributed by atoms with E-state index in [0.717, 1.165) is 30.6 Å². The SMILES string of the molecule is COC(C)CN1C(=O)NC(=O)C(C2CCCC2)C1=O. The molecular weight excluding hydrogens is 248 g/mol. The number of hydrogen-bond donors (Lipinski definition) is 1. The van der Waals surface area contributed by atoms with E-state index in [1.165, 1.54) is 7.11 Å². The molecule has 2 atom stereocenters. The molecule has 0 spiro atoms. The minimum absolute atomic E-state index is 0.0703. The van der Waals surface area contributed by atoms with Crippen LogP contribution in [0.1, 0.15) is 32.6 Å². The van der Waals surface area contributed by atoms with Gasteiger partial charge in [0.25, 0.3) is 0 Å². The van der Waals surface area contributed by atoms with Crippen molar-refractivity contribution < 1.29 is 19.1 Å². The van der Waals surface area contributed by atoms with E-state index in [2.05, 4.69) is 5.32 Å². The number of carbonyl (C=O) groups excluding carboxylic acids is 3. The summed E-state index contributed by atoms with van der Waals surface area (Å²) in [6, 6.07) is -0.631. The zero-order valence-electron chi connectivity index (χ0n) is 11.3. The lowest BCUT2D eigenvalue weighted by atomic mass is 9.87. The Morgan fingerprint density at radius 3 is 2.53 bits per heavy atom. The number of rotatable bonds is 4. The summed E-state index contributed by atoms with van der Waals surface area (Å²) in [5.41, 5.74) is 0. The van der Waals surface area contributed by atoms with E-state index in [9.17, 15) is 14.4 Å². The molecule has 0 aromatic rings. The van der Waals surface area contributed by atoms with Crippen molar-refractivity contribution in [2.45, 2.75) is 38.7 Å². The van der Waals surface area contributed by atoms with Gasteiger partial charge in [0.2, 0.25) is 11.8 Å². The van der Waals surface area contributed by atoms with Crippen LogP contribution in [0.5, 0.6) is 0 Å². The molecule has 4 amide bonds. The molecule has 1 aliphatic carbocycles. The largest absolute Gasteiger partial charge is 0.380 e. The van der Waals surface area contributed by atoms with Gasteiger partial charge in [-0.05, 0) is 25.7 Å². The smallest absolute Gasteiger partial charge is 0.330 e. The lowest BCUT2D eigenvalue weighted by molar-refractivity contribution is -0.146. The van der Waals surface area contributed by atoms with E-state index < -0.39 is 17.9 Å². The van der Waals surface area contributed by atoms with E-state index in [1.807, 2.05) is 0 Å². The van der Waals surface area contributed by atoms with Crippen LogP contribution in [0.2, 0.25) is 0 Å². The van der Waals surface area contributed by atoms with E-state index >= 15 is 0 Å². The number of imide groups is 2. The first-order valence-corrected chi connectivity index (χ1v) is 6.73. The number of carbonyl (C=O) groups is 3. The summed E-state index contributed by atoms with van der Waals surface area (Å²) in [6.45, 7) is 1.96. The Balaban J connectivity index is 2.13. The van der Waals surface area contributed by atoms with Crippen molar-refractivity contribution in [3.63, 3.8) is 0 Å². The van der Waals surface area contributed by atoms with E-state index in [1.54, 1.807) is 6.92 Å². The third-order valence-corrected chi connectivity index (χ3v) is 4.00. The number of nitrogens with one attached hydrogen (secondary N) is 1. The standard InChI is InChI=1S/C13H20N2O4/c1-8(19-2)7-15-12(17)10(9-5-3-4-6-9)11(16)14-13(15)18/h8-10H,3-7H2,1-2H3,(H,14,16,18). The minimum atomic E-state index is -0.704. The number of methoxy groups -OCH3 is 1. The molecule has 0 aromatic carbocycles. The maximum atomic E-state index is 12.4. The molecule has 6 heteroatoms. The first-order chi connectivity index (χ1) is 9.04. The highest BCUT2D eigenvalue weighted by molar-refractivity contribution is 6.16. The lowest BCUT2D eigenvalue weighted by Crippen LogP contribution is -2.60. The molecule has 19 heavy (non-hydrogen) atoms. The monoisotopic (exact) mass is 268 g/mol. The summed E-state index contributed by atoms with van der Waals surface area (Å²) < 4.78 is 5.08. The molecule has 2 fully saturated rings. The van der Waals surface area contributed by atoms with Crippen LogP contribution in [0, 0.1) is 11.8 Å². The Morgan fingerprint density at radius 2 is 1.95 bits per heavy atom. The van der Waals surface area contributed by atoms with Crippen LogP contribution in [-0.2, 0) is 14.3 Å². The van der Waals surface area contributed by atoms with Crippen molar-refractivity contribution in [3.05, 3.63) is 0 Å². The minimum Gasteiger partial charge on any atom is -0.380 e. The predicted molar refractivity (Wildman–Crippen MR) is 67.2 cm³/mol. The molecule has 2 rings (SSSR count). The molecule has 1 heterocycles. The van der Waals surface area contributed by atoms with Gasteiger partial charge in [-0.2, -0.15) is 0 Å². The number of ether oxygens (including phenoxy) is 1. The van der Waals surface area contributed by atoms with Crippen LogP contribution in [0.4, 0.5) is 4.79 Å². The normalized spacial score (nSPS) is 26.7. The highest BCUT2D eigenvalue weighted by Gasteiger charge is 2.45. The van der Waals surface area contributed by atoms with Crippen LogP contribution in [0.15, 0.2) is 0 Å². The maximum Gasteiger partial charge on any atom is 0.330 e. The van der Waals surface area contributed by atoms with Crippen molar-refractivity contribution in [1.82, 2.24) is 10.2 Å². The zero-order chi connectivity index (χ0) is 14.0. The summed E-state index contributed by atoms with van der Waals surface area (Å²) in [6.07, 6.45) is 3.61. The fraction of sp³-hybridized carbons (Fsp3) is 0.769. The first-order valence-electron chi connectivity index (χ1n) is 6.73. The number of hydrogen-bond acceptors (Lipinski definition) is 4. The lowest BCUT2D eigenvalue weighted by Gasteiger charge is -2.33. The summed E-state index contributed by atoms with van der Waals surface area (Å²) >= 11 is 0. The summed E-state index contributed by atoms with van der Waals surface area (Å²) in [5.74, 6) is -1.45. The molecule has 1 N–H and O–H groups in total. The molecule has 1 saturated carbocycles. The van der Waals surface area contributed by atoms with Crippen LogP contribution < -0.4 is 5.32 Å². The predicted octanol–water partition coefficient (Wildman–Crippen LogP) is 0.906. The molecule has 0 radical (unpaired) electrons. The van der Waals surface area contributed by atoms with Crippen molar-refractivity contribution >= 4 is 17.8 Å². The second-order valence-electron chi connectivity index (χ2n) is 5.31. The van der Waals surface area contributed by atoms with E-state index in [0.29, 0.717) is 0 Å². The van der Waals surface area contributed by atoms with Crippen molar-refractivity contribution in [3.8, 4) is 0 Å². The van der Waals surface area contributed by atoms with Gasteiger partial charge in [-0.15, -0.1) is 0 Å². The molecular formula is C13H20N2O4. The average molecular weight is 268 g/mol. The Kier molecular flexibility index (Phi) is 4.19. The van der Waals surface area contributed by atoms with E-state index in [-0.39, 0.29) is 24.5 Å². The number of nitrogens with zero attached hydrogens (tertiary/aromatic N) is 1. The van der Waals surface area contributed by atoms with Crippen LogP contribution in [0.25, 0.3) is 0 Å². The second-order valence-corrected chi connectivity index (χ2v) is 5.31. The Bertz CT molecular complexity index is 390. The molecule has 6 nitrogen and oxygen atoms in total. The zero-order valence-corrected chi connectivity index (χ0v) is 11.3. The van der Waals surface area contributed by atoms with Gasteiger partial charge in [0.1, 0.15) is 5.92 Å². The Labute approximate surface area is 112 Å². The van der Waals surface area contributed by atoms with Crippen molar-refractivity contribution in [2.24, 2.45) is 11.8 Å². The molecule has 106 valence electrons. The molecule has 1 aliphatic heterocycles. The second kappa shape index (κ2) is 5.69. The molecule has 0 bridgehead atoms. The van der Waals surface area contributed by atoms with Crippen LogP contribution in [0.3, 0.4) is 0 Å². The van der Waals surface area contributed by atoms with Crippen molar-refractivity contribution in [1.29, 1.82) is 0 Å². The number of amides is 4. The topological polar surface area (TPSA) is 75.7 Å². The maximum absolute atomic E-state index is 12.4. The Hall–Kier alpha value is -1.43. The molecule has 2 aliphatic rings. The van der Waals surface area contributed by atoms with Crippen LogP contribution >= 0.6 is 0 Å². The van der Waals surface area contributed by atoms with E-state index in [4.69, 9.17) is 4.74 Å².